The summed E-state index contributed by atoms with van der Waals surface area (Å²) < 4.78 is 72.0. The summed E-state index contributed by atoms with van der Waals surface area (Å²) in [5.41, 5.74) is -0.0109. The van der Waals surface area contributed by atoms with Crippen molar-refractivity contribution in [2.24, 2.45) is 0 Å². The predicted molar refractivity (Wildman–Crippen MR) is 171 cm³/mol. The molecule has 2 aromatic carbocycles. The lowest BCUT2D eigenvalue weighted by Crippen LogP contribution is -2.42. The first kappa shape index (κ1) is 36.1. The maximum absolute atomic E-state index is 15.3. The molecule has 3 heterocycles. The lowest BCUT2D eigenvalue weighted by atomic mass is 10.0. The van der Waals surface area contributed by atoms with Crippen molar-refractivity contribution in [3.8, 4) is 11.5 Å². The molecule has 264 valence electrons. The zero-order valence-electron chi connectivity index (χ0n) is 27.1. The molecule has 3 unspecified atom stereocenters. The molecule has 17 heteroatoms. The molecule has 0 saturated carbocycles. The summed E-state index contributed by atoms with van der Waals surface area (Å²) in [7, 11) is -4.49. The highest BCUT2D eigenvalue weighted by molar-refractivity contribution is 7.52. The molecular weight excluding hydrogens is 669 g/mol. The molecule has 2 aliphatic rings. The van der Waals surface area contributed by atoms with Gasteiger partial charge < -0.3 is 29.2 Å². The fourth-order valence-corrected chi connectivity index (χ4v) is 6.61. The van der Waals surface area contributed by atoms with Gasteiger partial charge in [-0.2, -0.15) is 18.9 Å². The molecule has 6 atom stereocenters. The van der Waals surface area contributed by atoms with Crippen LogP contribution in [0.25, 0.3) is 0 Å². The number of aliphatic hydroxyl groups is 1. The van der Waals surface area contributed by atoms with Gasteiger partial charge in [-0.15, -0.1) is 0 Å². The highest BCUT2D eigenvalue weighted by Crippen LogP contribution is 2.48. The number of anilines is 1. The standard InChI is InChI=1S/C32H37F2N4O10P/c1-18(2)45-29(41)20(4)37-49(43,48-23-8-6-5-7-9-23)44-17-25-27(39)32(33,34)30(47-25)38-15-14-26(36-31(38)42)35-28(40)22-13-12-21-11-10-19(3)46-24(21)16-22/h5-9,12-16,18-20,25,27,30,39H,10-11,17H2,1-4H3,(H,37,43)(H,35,36,40,42)/t19?,20-,25-,27-,30?,49?/m1/s1. The number of aromatic nitrogens is 2. The summed E-state index contributed by atoms with van der Waals surface area (Å²) in [5.74, 6) is -5.00. The Hall–Kier alpha value is -4.21. The van der Waals surface area contributed by atoms with Gasteiger partial charge >= 0.3 is 25.3 Å². The largest absolute Gasteiger partial charge is 0.490 e. The maximum Gasteiger partial charge on any atom is 0.459 e. The molecule has 14 nitrogen and oxygen atoms in total. The molecule has 49 heavy (non-hydrogen) atoms. The van der Waals surface area contributed by atoms with Gasteiger partial charge in [-0.05, 0) is 76.4 Å². The van der Waals surface area contributed by atoms with Crippen molar-refractivity contribution in [1.29, 1.82) is 0 Å². The van der Waals surface area contributed by atoms with E-state index in [1.165, 1.54) is 19.1 Å². The highest BCUT2D eigenvalue weighted by Gasteiger charge is 2.60. The number of benzene rings is 2. The van der Waals surface area contributed by atoms with Crippen LogP contribution in [-0.4, -0.2) is 69.5 Å². The Balaban J connectivity index is 1.28. The van der Waals surface area contributed by atoms with Crippen molar-refractivity contribution in [1.82, 2.24) is 14.6 Å². The van der Waals surface area contributed by atoms with E-state index in [-0.39, 0.29) is 23.2 Å². The van der Waals surface area contributed by atoms with Crippen LogP contribution in [0.3, 0.4) is 0 Å². The summed E-state index contributed by atoms with van der Waals surface area (Å²) >= 11 is 0. The number of nitrogens with one attached hydrogen (secondary N) is 2. The van der Waals surface area contributed by atoms with Crippen LogP contribution >= 0.6 is 7.75 Å². The number of alkyl halides is 2. The Bertz CT molecular complexity index is 1780. The van der Waals surface area contributed by atoms with Crippen LogP contribution in [0.4, 0.5) is 14.6 Å². The van der Waals surface area contributed by atoms with Crippen LogP contribution < -0.4 is 25.4 Å². The van der Waals surface area contributed by atoms with E-state index in [1.54, 1.807) is 50.2 Å². The number of nitrogens with zero attached hydrogens (tertiary/aromatic N) is 2. The third kappa shape index (κ3) is 8.51. The summed E-state index contributed by atoms with van der Waals surface area (Å²) in [6.07, 6.45) is -4.58. The van der Waals surface area contributed by atoms with Crippen LogP contribution in [0, 0.1) is 0 Å². The van der Waals surface area contributed by atoms with Gasteiger partial charge in [0.05, 0.1) is 18.8 Å². The maximum atomic E-state index is 15.3. The second-order valence-electron chi connectivity index (χ2n) is 11.9. The minimum absolute atomic E-state index is 0.00600. The van der Waals surface area contributed by atoms with E-state index in [0.717, 1.165) is 30.7 Å². The van der Waals surface area contributed by atoms with Crippen LogP contribution in [0.15, 0.2) is 65.6 Å². The summed E-state index contributed by atoms with van der Waals surface area (Å²) in [6.45, 7) is 5.59. The molecule has 3 aromatic rings. The number of amides is 1. The van der Waals surface area contributed by atoms with Crippen molar-refractivity contribution < 1.29 is 51.3 Å². The minimum Gasteiger partial charge on any atom is -0.490 e. The normalized spacial score (nSPS) is 23.1. The topological polar surface area (TPSA) is 177 Å². The third-order valence-electron chi connectivity index (χ3n) is 7.62. The number of fused-ring (bicyclic) bond motifs is 1. The van der Waals surface area contributed by atoms with E-state index in [9.17, 15) is 24.1 Å². The van der Waals surface area contributed by atoms with E-state index in [2.05, 4.69) is 15.4 Å². The molecule has 0 aliphatic carbocycles. The number of halogens is 2. The van der Waals surface area contributed by atoms with Crippen molar-refractivity contribution in [2.75, 3.05) is 11.9 Å². The Morgan fingerprint density at radius 3 is 2.59 bits per heavy atom. The monoisotopic (exact) mass is 706 g/mol. The SMILES string of the molecule is CC(C)OC(=O)[C@@H](C)NP(=O)(OC[C@H]1OC(n2ccc(NC(=O)c3ccc4c(c3)OC(C)CC4)nc2=O)C(F)(F)[C@@H]1O)Oc1ccccc1. The quantitative estimate of drug-likeness (QED) is 0.181. The molecule has 0 bridgehead atoms. The lowest BCUT2D eigenvalue weighted by molar-refractivity contribution is -0.149. The first-order valence-corrected chi connectivity index (χ1v) is 17.1. The minimum atomic E-state index is -4.49. The van der Waals surface area contributed by atoms with Crippen LogP contribution in [-0.2, 0) is 29.8 Å². The van der Waals surface area contributed by atoms with Crippen molar-refractivity contribution >= 4 is 25.4 Å². The van der Waals surface area contributed by atoms with Gasteiger partial charge in [-0.1, -0.05) is 24.3 Å². The number of esters is 1. The number of rotatable bonds is 12. The molecule has 1 amide bonds. The average molecular weight is 707 g/mol. The fraction of sp³-hybridized carbons (Fsp3) is 0.438. The Labute approximate surface area is 280 Å². The van der Waals surface area contributed by atoms with Gasteiger partial charge in [-0.3, -0.25) is 18.7 Å². The van der Waals surface area contributed by atoms with Crippen molar-refractivity contribution in [3.63, 3.8) is 0 Å². The molecule has 0 radical (unpaired) electrons. The van der Waals surface area contributed by atoms with E-state index in [4.69, 9.17) is 23.3 Å². The highest BCUT2D eigenvalue weighted by atomic mass is 31.2. The Kier molecular flexibility index (Phi) is 10.8. The second-order valence-corrected chi connectivity index (χ2v) is 13.6. The van der Waals surface area contributed by atoms with Gasteiger partial charge in [0.15, 0.2) is 6.10 Å². The number of carbonyl (C=O) groups excluding carboxylic acids is 2. The van der Waals surface area contributed by atoms with E-state index in [1.807, 2.05) is 6.92 Å². The second kappa shape index (κ2) is 14.7. The molecule has 0 spiro atoms. The molecule has 2 aliphatic heterocycles. The molecule has 5 rings (SSSR count). The number of hydrogen-bond acceptors (Lipinski definition) is 11. The zero-order chi connectivity index (χ0) is 35.5. The van der Waals surface area contributed by atoms with E-state index in [0.29, 0.717) is 10.3 Å². The third-order valence-corrected chi connectivity index (χ3v) is 9.26. The number of carbonyl (C=O) groups is 2. The van der Waals surface area contributed by atoms with Gasteiger partial charge in [0, 0.05) is 11.8 Å². The van der Waals surface area contributed by atoms with Gasteiger partial charge in [0.25, 0.3) is 5.91 Å². The Morgan fingerprint density at radius 2 is 1.90 bits per heavy atom. The van der Waals surface area contributed by atoms with E-state index < -0.39 is 68.4 Å². The number of ether oxygens (including phenoxy) is 3. The number of hydrogen-bond donors (Lipinski definition) is 3. The summed E-state index contributed by atoms with van der Waals surface area (Å²) in [5, 5.41) is 15.4. The smallest absolute Gasteiger partial charge is 0.459 e. The fourth-order valence-electron chi connectivity index (χ4n) is 5.11. The lowest BCUT2D eigenvalue weighted by Gasteiger charge is -2.25. The van der Waals surface area contributed by atoms with Gasteiger partial charge in [-0.25, -0.2) is 9.36 Å². The number of aryl methyl sites for hydroxylation is 1. The molecular formula is C32H37F2N4O10P. The van der Waals surface area contributed by atoms with Crippen LogP contribution in [0.1, 0.15) is 56.3 Å². The Morgan fingerprint density at radius 1 is 1.16 bits per heavy atom. The molecule has 1 aromatic heterocycles. The van der Waals surface area contributed by atoms with Crippen LogP contribution in [0.5, 0.6) is 11.5 Å². The van der Waals surface area contributed by atoms with E-state index >= 15 is 8.78 Å². The average Bonchev–Trinajstić information content (AvgIpc) is 3.27. The predicted octanol–water partition coefficient (Wildman–Crippen LogP) is 4.24. The van der Waals surface area contributed by atoms with Crippen LogP contribution in [0.2, 0.25) is 0 Å². The molecule has 3 N–H and O–H groups in total. The first-order valence-electron chi connectivity index (χ1n) is 15.5. The molecule has 1 fully saturated rings. The number of aliphatic hydroxyl groups excluding tert-OH is 1. The first-order chi connectivity index (χ1) is 23.1. The van der Waals surface area contributed by atoms with Crippen molar-refractivity contribution in [2.45, 2.75) is 83.1 Å². The van der Waals surface area contributed by atoms with Crippen molar-refractivity contribution in [3.05, 3.63) is 82.4 Å². The summed E-state index contributed by atoms with van der Waals surface area (Å²) in [4.78, 5) is 41.8. The zero-order valence-corrected chi connectivity index (χ0v) is 28.0. The molecule has 1 saturated heterocycles. The number of para-hydroxylation sites is 1. The van der Waals surface area contributed by atoms with Gasteiger partial charge in [0.1, 0.15) is 29.5 Å². The summed E-state index contributed by atoms with van der Waals surface area (Å²) in [6, 6.07) is 12.6. The van der Waals surface area contributed by atoms with Gasteiger partial charge in [0.2, 0.25) is 6.23 Å².